The molecule has 2 atom stereocenters. The lowest BCUT2D eigenvalue weighted by atomic mass is 10.0. The quantitative estimate of drug-likeness (QED) is 0.746. The summed E-state index contributed by atoms with van der Waals surface area (Å²) in [5.74, 6) is -0.244. The average Bonchev–Trinajstić information content (AvgIpc) is 2.38. The van der Waals surface area contributed by atoms with E-state index in [1.54, 1.807) is 6.07 Å². The van der Waals surface area contributed by atoms with E-state index in [1.807, 2.05) is 31.2 Å². The third-order valence-corrected chi connectivity index (χ3v) is 4.33. The van der Waals surface area contributed by atoms with Crippen molar-refractivity contribution in [3.8, 4) is 0 Å². The largest absolute Gasteiger partial charge is 0.304 e. The van der Waals surface area contributed by atoms with Crippen LogP contribution in [0.1, 0.15) is 37.1 Å². The van der Waals surface area contributed by atoms with Crippen LogP contribution in [-0.2, 0) is 0 Å². The maximum Gasteiger partial charge on any atom is 0.124 e. The Balaban J connectivity index is 2.15. The predicted octanol–water partition coefficient (Wildman–Crippen LogP) is 5.65. The summed E-state index contributed by atoms with van der Waals surface area (Å²) in [6.45, 7) is 4.11. The van der Waals surface area contributed by atoms with Crippen molar-refractivity contribution in [2.75, 3.05) is 0 Å². The Morgan fingerprint density at radius 2 is 1.70 bits per heavy atom. The van der Waals surface area contributed by atoms with Crippen LogP contribution in [0.15, 0.2) is 46.9 Å². The molecule has 0 aliphatic heterocycles. The van der Waals surface area contributed by atoms with Crippen molar-refractivity contribution in [3.05, 3.63) is 68.9 Å². The zero-order valence-corrected chi connectivity index (χ0v) is 13.7. The van der Waals surface area contributed by atoms with E-state index in [1.165, 1.54) is 12.1 Å². The van der Waals surface area contributed by atoms with E-state index in [9.17, 15) is 4.39 Å². The molecule has 0 heterocycles. The van der Waals surface area contributed by atoms with Gasteiger partial charge < -0.3 is 5.32 Å². The van der Waals surface area contributed by atoms with Crippen molar-refractivity contribution < 1.29 is 4.39 Å². The predicted molar refractivity (Wildman–Crippen MR) is 85.5 cm³/mol. The number of hydrogen-bond acceptors (Lipinski definition) is 1. The van der Waals surface area contributed by atoms with E-state index in [0.29, 0.717) is 0 Å². The van der Waals surface area contributed by atoms with Crippen molar-refractivity contribution in [2.24, 2.45) is 0 Å². The monoisotopic (exact) mass is 355 g/mol. The molecule has 4 heteroatoms. The van der Waals surface area contributed by atoms with Crippen molar-refractivity contribution in [2.45, 2.75) is 25.9 Å². The Bertz CT molecular complexity index is 603. The molecule has 2 aromatic carbocycles. The highest BCUT2D eigenvalue weighted by Gasteiger charge is 2.15. The van der Waals surface area contributed by atoms with E-state index in [4.69, 9.17) is 11.6 Å². The zero-order chi connectivity index (χ0) is 14.7. The van der Waals surface area contributed by atoms with Crippen LogP contribution < -0.4 is 5.32 Å². The van der Waals surface area contributed by atoms with Crippen molar-refractivity contribution in [3.63, 3.8) is 0 Å². The summed E-state index contributed by atoms with van der Waals surface area (Å²) in [5, 5.41) is 4.22. The lowest BCUT2D eigenvalue weighted by molar-refractivity contribution is 0.492. The maximum atomic E-state index is 13.1. The van der Waals surface area contributed by atoms with Crippen LogP contribution in [0.25, 0.3) is 0 Å². The molecule has 0 aliphatic rings. The van der Waals surface area contributed by atoms with Gasteiger partial charge in [-0.05, 0) is 43.2 Å². The second-order valence-corrected chi connectivity index (χ2v) is 6.06. The molecule has 0 fully saturated rings. The zero-order valence-electron chi connectivity index (χ0n) is 11.3. The summed E-state index contributed by atoms with van der Waals surface area (Å²) >= 11 is 9.60. The van der Waals surface area contributed by atoms with E-state index in [-0.39, 0.29) is 17.9 Å². The summed E-state index contributed by atoms with van der Waals surface area (Å²) in [4.78, 5) is 0. The minimum Gasteiger partial charge on any atom is -0.304 e. The normalized spacial score (nSPS) is 14.1. The minimum absolute atomic E-state index is 0.0799. The highest BCUT2D eigenvalue weighted by atomic mass is 79.9. The van der Waals surface area contributed by atoms with Gasteiger partial charge in [-0.2, -0.15) is 0 Å². The summed E-state index contributed by atoms with van der Waals surface area (Å²) < 4.78 is 13.9. The Hall–Kier alpha value is -0.900. The SMILES string of the molecule is CC(N[C@H](C)c1ccccc1Cl)c1ccc(F)cc1Br. The lowest BCUT2D eigenvalue weighted by Crippen LogP contribution is -2.23. The van der Waals surface area contributed by atoms with Gasteiger partial charge in [-0.3, -0.25) is 0 Å². The Morgan fingerprint density at radius 1 is 1.05 bits per heavy atom. The van der Waals surface area contributed by atoms with Gasteiger partial charge in [0.2, 0.25) is 0 Å². The molecule has 0 bridgehead atoms. The van der Waals surface area contributed by atoms with Gasteiger partial charge in [-0.1, -0.05) is 51.8 Å². The Kier molecular flexibility index (Phi) is 5.19. The van der Waals surface area contributed by atoms with Crippen molar-refractivity contribution >= 4 is 27.5 Å². The molecule has 0 aromatic heterocycles. The molecule has 0 aliphatic carbocycles. The van der Waals surface area contributed by atoms with Gasteiger partial charge in [-0.15, -0.1) is 0 Å². The van der Waals surface area contributed by atoms with E-state index in [0.717, 1.165) is 20.6 Å². The first-order chi connectivity index (χ1) is 9.49. The van der Waals surface area contributed by atoms with Crippen LogP contribution in [-0.4, -0.2) is 0 Å². The fraction of sp³-hybridized carbons (Fsp3) is 0.250. The molecule has 1 unspecified atom stereocenters. The molecule has 0 saturated carbocycles. The average molecular weight is 357 g/mol. The number of halogens is 3. The molecule has 0 saturated heterocycles. The molecular weight excluding hydrogens is 341 g/mol. The molecule has 106 valence electrons. The van der Waals surface area contributed by atoms with Gasteiger partial charge in [0.05, 0.1) is 0 Å². The maximum absolute atomic E-state index is 13.1. The number of nitrogens with one attached hydrogen (secondary N) is 1. The molecule has 1 N–H and O–H groups in total. The summed E-state index contributed by atoms with van der Waals surface area (Å²) in [7, 11) is 0. The first-order valence-electron chi connectivity index (χ1n) is 6.44. The molecule has 0 amide bonds. The topological polar surface area (TPSA) is 12.0 Å². The molecule has 20 heavy (non-hydrogen) atoms. The first kappa shape index (κ1) is 15.5. The second kappa shape index (κ2) is 6.70. The lowest BCUT2D eigenvalue weighted by Gasteiger charge is -2.22. The van der Waals surface area contributed by atoms with Gasteiger partial charge in [0.1, 0.15) is 5.82 Å². The first-order valence-corrected chi connectivity index (χ1v) is 7.61. The molecule has 0 spiro atoms. The standard InChI is InChI=1S/C16H16BrClFN/c1-10(13-8-7-12(19)9-15(13)17)20-11(2)14-5-3-4-6-16(14)18/h3-11,20H,1-2H3/t10?,11-/m1/s1. The van der Waals surface area contributed by atoms with Crippen LogP contribution >= 0.6 is 27.5 Å². The van der Waals surface area contributed by atoms with Crippen LogP contribution in [0.4, 0.5) is 4.39 Å². The van der Waals surface area contributed by atoms with Crippen LogP contribution in [0, 0.1) is 5.82 Å². The summed E-state index contributed by atoms with van der Waals surface area (Å²) in [5.41, 5.74) is 2.07. The molecular formula is C16H16BrClFN. The van der Waals surface area contributed by atoms with Crippen LogP contribution in [0.5, 0.6) is 0 Å². The fourth-order valence-corrected chi connectivity index (χ4v) is 3.23. The van der Waals surface area contributed by atoms with Gasteiger partial charge >= 0.3 is 0 Å². The number of rotatable bonds is 4. The second-order valence-electron chi connectivity index (χ2n) is 4.80. The molecule has 2 rings (SSSR count). The molecule has 1 nitrogen and oxygen atoms in total. The van der Waals surface area contributed by atoms with Crippen LogP contribution in [0.3, 0.4) is 0 Å². The Labute approximate surface area is 132 Å². The fourth-order valence-electron chi connectivity index (χ4n) is 2.23. The summed E-state index contributed by atoms with van der Waals surface area (Å²) in [6, 6.07) is 12.7. The third-order valence-electron chi connectivity index (χ3n) is 3.30. The summed E-state index contributed by atoms with van der Waals surface area (Å²) in [6.07, 6.45) is 0. The van der Waals surface area contributed by atoms with Gasteiger partial charge in [0, 0.05) is 21.6 Å². The number of benzene rings is 2. The van der Waals surface area contributed by atoms with Crippen molar-refractivity contribution in [1.82, 2.24) is 5.32 Å². The van der Waals surface area contributed by atoms with Gasteiger partial charge in [0.15, 0.2) is 0 Å². The smallest absolute Gasteiger partial charge is 0.124 e. The third kappa shape index (κ3) is 3.60. The van der Waals surface area contributed by atoms with Crippen LogP contribution in [0.2, 0.25) is 5.02 Å². The van der Waals surface area contributed by atoms with Crippen molar-refractivity contribution in [1.29, 1.82) is 0 Å². The van der Waals surface area contributed by atoms with E-state index in [2.05, 4.69) is 28.2 Å². The highest BCUT2D eigenvalue weighted by Crippen LogP contribution is 2.28. The van der Waals surface area contributed by atoms with E-state index >= 15 is 0 Å². The molecule has 0 radical (unpaired) electrons. The van der Waals surface area contributed by atoms with E-state index < -0.39 is 0 Å². The minimum atomic E-state index is -0.244. The number of hydrogen-bond donors (Lipinski definition) is 1. The molecule has 2 aromatic rings. The van der Waals surface area contributed by atoms with Gasteiger partial charge in [0.25, 0.3) is 0 Å². The Morgan fingerprint density at radius 3 is 2.35 bits per heavy atom. The van der Waals surface area contributed by atoms with Gasteiger partial charge in [-0.25, -0.2) is 4.39 Å². The highest BCUT2D eigenvalue weighted by molar-refractivity contribution is 9.10.